The van der Waals surface area contributed by atoms with Gasteiger partial charge in [0.25, 0.3) is 15.9 Å². The average molecular weight is 443 g/mol. The third-order valence-electron chi connectivity index (χ3n) is 4.41. The van der Waals surface area contributed by atoms with Gasteiger partial charge >= 0.3 is 11.7 Å². The molecule has 1 aromatic heterocycles. The van der Waals surface area contributed by atoms with Crippen molar-refractivity contribution in [1.29, 1.82) is 0 Å². The van der Waals surface area contributed by atoms with Crippen molar-refractivity contribution < 1.29 is 22.7 Å². The number of imidazole rings is 1. The summed E-state index contributed by atoms with van der Waals surface area (Å²) in [6, 6.07) is 11.2. The van der Waals surface area contributed by atoms with Crippen LogP contribution in [0.5, 0.6) is 0 Å². The fourth-order valence-electron chi connectivity index (χ4n) is 3.04. The number of esters is 1. The molecule has 1 aliphatic rings. The van der Waals surface area contributed by atoms with Gasteiger partial charge in [-0.25, -0.2) is 13.2 Å². The van der Waals surface area contributed by atoms with Gasteiger partial charge in [-0.2, -0.15) is 0 Å². The highest BCUT2D eigenvalue weighted by molar-refractivity contribution is 7.90. The van der Waals surface area contributed by atoms with Gasteiger partial charge in [0, 0.05) is 11.3 Å². The van der Waals surface area contributed by atoms with Crippen LogP contribution in [-0.4, -0.2) is 49.2 Å². The van der Waals surface area contributed by atoms with E-state index >= 15 is 0 Å². The van der Waals surface area contributed by atoms with Crippen LogP contribution in [0.1, 0.15) is 12.0 Å². The zero-order valence-corrected chi connectivity index (χ0v) is 16.8. The van der Waals surface area contributed by atoms with Crippen LogP contribution in [0.4, 0.5) is 5.69 Å². The summed E-state index contributed by atoms with van der Waals surface area (Å²) < 4.78 is 31.3. The number of amides is 1. The number of rotatable bonds is 6. The zero-order valence-electron chi connectivity index (χ0n) is 16.0. The second kappa shape index (κ2) is 8.07. The molecule has 1 aliphatic heterocycles. The molecule has 160 valence electrons. The van der Waals surface area contributed by atoms with Crippen molar-refractivity contribution in [3.05, 3.63) is 58.5 Å². The number of nitrogens with zero attached hydrogens (tertiary/aromatic N) is 1. The summed E-state index contributed by atoms with van der Waals surface area (Å²) >= 11 is 0. The van der Waals surface area contributed by atoms with Crippen LogP contribution in [0.2, 0.25) is 0 Å². The smallest absolute Gasteiger partial charge is 0.323 e. The Morgan fingerprint density at radius 2 is 1.84 bits per heavy atom. The van der Waals surface area contributed by atoms with Crippen LogP contribution in [-0.2, 0) is 24.3 Å². The predicted molar refractivity (Wildman–Crippen MR) is 111 cm³/mol. The molecule has 2 aromatic carbocycles. The summed E-state index contributed by atoms with van der Waals surface area (Å²) in [5.74, 6) is -1.03. The van der Waals surface area contributed by atoms with Crippen LogP contribution < -0.4 is 15.7 Å². The lowest BCUT2D eigenvalue weighted by Crippen LogP contribution is -2.23. The summed E-state index contributed by atoms with van der Waals surface area (Å²) in [5.41, 5.74) is 1.65. The van der Waals surface area contributed by atoms with Crippen molar-refractivity contribution in [2.24, 2.45) is 4.99 Å². The molecule has 0 fully saturated rings. The molecule has 2 heterocycles. The first-order chi connectivity index (χ1) is 14.8. The molecule has 0 atom stereocenters. The van der Waals surface area contributed by atoms with Gasteiger partial charge < -0.3 is 20.0 Å². The number of hydrogen-bond acceptors (Lipinski definition) is 7. The fourth-order valence-corrected chi connectivity index (χ4v) is 4.29. The van der Waals surface area contributed by atoms with Gasteiger partial charge in [0.2, 0.25) is 0 Å². The lowest BCUT2D eigenvalue weighted by molar-refractivity contribution is -0.147. The average Bonchev–Trinajstić information content (AvgIpc) is 3.22. The molecule has 0 aliphatic carbocycles. The molecule has 4 N–H and O–H groups in total. The van der Waals surface area contributed by atoms with Crippen molar-refractivity contribution in [1.82, 2.24) is 14.7 Å². The van der Waals surface area contributed by atoms with Gasteiger partial charge in [-0.3, -0.25) is 19.3 Å². The molecule has 11 nitrogen and oxygen atoms in total. The van der Waals surface area contributed by atoms with E-state index in [0.717, 1.165) is 0 Å². The number of fused-ring (bicyclic) bond motifs is 2. The van der Waals surface area contributed by atoms with Crippen molar-refractivity contribution >= 4 is 44.5 Å². The second-order valence-corrected chi connectivity index (χ2v) is 8.28. The number of carbonyl (C=O) groups excluding carboxylic acids is 2. The number of amidine groups is 1. The Balaban J connectivity index is 1.27. The van der Waals surface area contributed by atoms with E-state index in [2.05, 4.69) is 25.0 Å². The first-order valence-electron chi connectivity index (χ1n) is 9.16. The molecular weight excluding hydrogens is 426 g/mol. The van der Waals surface area contributed by atoms with Gasteiger partial charge in [0.05, 0.1) is 28.9 Å². The number of ether oxygens (including phenoxy) is 1. The summed E-state index contributed by atoms with van der Waals surface area (Å²) in [6.07, 6.45) is -0.128. The summed E-state index contributed by atoms with van der Waals surface area (Å²) in [7, 11) is -3.64. The Morgan fingerprint density at radius 1 is 1.06 bits per heavy atom. The number of sulfonamides is 1. The minimum atomic E-state index is -3.64. The Morgan fingerprint density at radius 3 is 2.68 bits per heavy atom. The topological polar surface area (TPSA) is 163 Å². The van der Waals surface area contributed by atoms with E-state index in [-0.39, 0.29) is 29.4 Å². The number of anilines is 1. The fraction of sp³-hybridized carbons (Fsp3) is 0.158. The maximum Gasteiger partial charge on any atom is 0.323 e. The number of H-pyrrole nitrogens is 2. The van der Waals surface area contributed by atoms with Gasteiger partial charge in [0.1, 0.15) is 5.84 Å². The predicted octanol–water partition coefficient (Wildman–Crippen LogP) is 0.467. The van der Waals surface area contributed by atoms with Crippen LogP contribution in [0.25, 0.3) is 11.0 Å². The van der Waals surface area contributed by atoms with Crippen molar-refractivity contribution in [2.75, 3.05) is 18.5 Å². The lowest BCUT2D eigenvalue weighted by Gasteiger charge is -2.06. The van der Waals surface area contributed by atoms with E-state index in [1.165, 1.54) is 6.07 Å². The maximum absolute atomic E-state index is 12.0. The van der Waals surface area contributed by atoms with E-state index in [4.69, 9.17) is 4.74 Å². The minimum absolute atomic E-state index is 0.00976. The molecule has 0 spiro atoms. The second-order valence-electron chi connectivity index (χ2n) is 6.63. The van der Waals surface area contributed by atoms with E-state index in [0.29, 0.717) is 22.3 Å². The number of aliphatic imine (C=N–C) groups is 1. The highest BCUT2D eigenvalue weighted by Crippen LogP contribution is 2.22. The number of hydrogen-bond donors (Lipinski definition) is 4. The van der Waals surface area contributed by atoms with Crippen LogP contribution in [0.3, 0.4) is 0 Å². The number of carbonyl (C=O) groups is 2. The molecule has 31 heavy (non-hydrogen) atoms. The summed E-state index contributed by atoms with van der Waals surface area (Å²) in [4.78, 5) is 44.5. The third-order valence-corrected chi connectivity index (χ3v) is 5.81. The standard InChI is InChI=1S/C19H17N5O6S/c25-16(21-11-5-6-13-14(9-11)23-19(27)22-13)10-30-17(26)7-8-20-18-12-3-1-2-4-15(12)31(28,29)24-18/h1-6,9H,7-8,10H2,(H,20,24)(H,21,25)(H2,22,23,27). The van der Waals surface area contributed by atoms with E-state index in [9.17, 15) is 22.8 Å². The Hall–Kier alpha value is -3.93. The lowest BCUT2D eigenvalue weighted by atomic mass is 10.2. The zero-order chi connectivity index (χ0) is 22.0. The molecule has 0 radical (unpaired) electrons. The highest BCUT2D eigenvalue weighted by Gasteiger charge is 2.29. The highest BCUT2D eigenvalue weighted by atomic mass is 32.2. The molecule has 0 bridgehead atoms. The molecule has 3 aromatic rings. The van der Waals surface area contributed by atoms with Gasteiger partial charge in [0.15, 0.2) is 6.61 Å². The Bertz CT molecular complexity index is 1370. The number of aromatic nitrogens is 2. The van der Waals surface area contributed by atoms with Crippen LogP contribution in [0, 0.1) is 0 Å². The van der Waals surface area contributed by atoms with Crippen molar-refractivity contribution in [3.63, 3.8) is 0 Å². The Kier molecular flexibility index (Phi) is 5.29. The van der Waals surface area contributed by atoms with Crippen LogP contribution in [0.15, 0.2) is 57.1 Å². The number of nitrogens with one attached hydrogen (secondary N) is 4. The molecule has 4 rings (SSSR count). The molecular formula is C19H17N5O6S. The summed E-state index contributed by atoms with van der Waals surface area (Å²) in [5, 5.41) is 2.56. The minimum Gasteiger partial charge on any atom is -0.456 e. The first kappa shape index (κ1) is 20.3. The first-order valence-corrected chi connectivity index (χ1v) is 10.6. The molecule has 12 heteroatoms. The summed E-state index contributed by atoms with van der Waals surface area (Å²) in [6.45, 7) is -0.503. The quantitative estimate of drug-likeness (QED) is 0.405. The van der Waals surface area contributed by atoms with Gasteiger partial charge in [-0.1, -0.05) is 12.1 Å². The third kappa shape index (κ3) is 4.48. The Labute approximate surface area is 175 Å². The van der Waals surface area contributed by atoms with Crippen molar-refractivity contribution in [3.8, 4) is 0 Å². The maximum atomic E-state index is 12.0. The van der Waals surface area contributed by atoms with Crippen molar-refractivity contribution in [2.45, 2.75) is 11.3 Å². The number of aromatic amines is 2. The number of benzene rings is 2. The van der Waals surface area contributed by atoms with E-state index in [1.54, 1.807) is 36.4 Å². The molecule has 0 unspecified atom stereocenters. The van der Waals surface area contributed by atoms with Crippen LogP contribution >= 0.6 is 0 Å². The van der Waals surface area contributed by atoms with Gasteiger partial charge in [-0.15, -0.1) is 0 Å². The normalized spacial score (nSPS) is 15.4. The van der Waals surface area contributed by atoms with Gasteiger partial charge in [-0.05, 0) is 30.3 Å². The molecule has 0 saturated carbocycles. The van der Waals surface area contributed by atoms with E-state index in [1.807, 2.05) is 0 Å². The monoisotopic (exact) mass is 443 g/mol. The SMILES string of the molecule is O=C(COC(=O)CCN=C1NS(=O)(=O)c2ccccc21)Nc1ccc2[nH]c(=O)[nH]c2c1. The molecule has 1 amide bonds. The molecule has 0 saturated heterocycles. The van der Waals surface area contributed by atoms with E-state index < -0.39 is 28.5 Å². The largest absolute Gasteiger partial charge is 0.456 e.